The number of carbonyl (C=O) groups excluding carboxylic acids is 3. The van der Waals surface area contributed by atoms with Gasteiger partial charge >= 0.3 is 5.97 Å². The first-order valence-electron chi connectivity index (χ1n) is 10.5. The van der Waals surface area contributed by atoms with Crippen molar-refractivity contribution < 1.29 is 19.1 Å². The van der Waals surface area contributed by atoms with Gasteiger partial charge in [0.2, 0.25) is 11.7 Å². The van der Waals surface area contributed by atoms with E-state index in [1.807, 2.05) is 24.3 Å². The van der Waals surface area contributed by atoms with Crippen molar-refractivity contribution in [1.82, 2.24) is 10.3 Å². The maximum Gasteiger partial charge on any atom is 0.339 e. The van der Waals surface area contributed by atoms with Gasteiger partial charge in [-0.2, -0.15) is 0 Å². The fourth-order valence-corrected chi connectivity index (χ4v) is 4.76. The molecular formula is C24H24N2O4S. The fourth-order valence-electron chi connectivity index (χ4n) is 3.89. The van der Waals surface area contributed by atoms with Crippen LogP contribution in [0.5, 0.6) is 0 Å². The Bertz CT molecular complexity index is 1150. The normalized spacial score (nSPS) is 13.3. The number of hydrogen-bond donors (Lipinski definition) is 1. The zero-order valence-electron chi connectivity index (χ0n) is 17.4. The molecule has 0 fully saturated rings. The largest absolute Gasteiger partial charge is 0.454 e. The number of Topliss-reactive ketones (excluding diaryl/α,β-unsaturated/α-hetero) is 1. The third kappa shape index (κ3) is 4.82. The predicted octanol–water partition coefficient (Wildman–Crippen LogP) is 4.24. The Morgan fingerprint density at radius 2 is 1.87 bits per heavy atom. The summed E-state index contributed by atoms with van der Waals surface area (Å²) >= 11 is 1.29. The van der Waals surface area contributed by atoms with E-state index in [4.69, 9.17) is 9.72 Å². The number of benzene rings is 1. The summed E-state index contributed by atoms with van der Waals surface area (Å²) in [6.07, 6.45) is 4.83. The van der Waals surface area contributed by atoms with Gasteiger partial charge in [-0.1, -0.05) is 24.6 Å². The van der Waals surface area contributed by atoms with E-state index in [0.29, 0.717) is 17.0 Å². The minimum absolute atomic E-state index is 0.126. The molecule has 0 bridgehead atoms. The third-order valence-corrected chi connectivity index (χ3v) is 6.53. The molecule has 1 aromatic carbocycles. The summed E-state index contributed by atoms with van der Waals surface area (Å²) in [5.41, 5.74) is 3.26. The molecule has 3 aromatic rings. The maximum absolute atomic E-state index is 13.1. The summed E-state index contributed by atoms with van der Waals surface area (Å²) in [4.78, 5) is 42.9. The summed E-state index contributed by atoms with van der Waals surface area (Å²) < 4.78 is 5.49. The van der Waals surface area contributed by atoms with Crippen molar-refractivity contribution in [1.29, 1.82) is 0 Å². The molecule has 0 spiro atoms. The van der Waals surface area contributed by atoms with E-state index in [1.54, 1.807) is 12.1 Å². The Hall–Kier alpha value is -3.06. The molecule has 31 heavy (non-hydrogen) atoms. The Kier molecular flexibility index (Phi) is 6.42. The van der Waals surface area contributed by atoms with E-state index in [-0.39, 0.29) is 18.3 Å². The number of nitrogens with one attached hydrogen (secondary N) is 1. The van der Waals surface area contributed by atoms with E-state index in [1.165, 1.54) is 18.3 Å². The number of hydrogen-bond acceptors (Lipinski definition) is 6. The van der Waals surface area contributed by atoms with Crippen LogP contribution in [0.25, 0.3) is 10.9 Å². The molecule has 0 atom stereocenters. The van der Waals surface area contributed by atoms with Crippen LogP contribution < -0.4 is 5.32 Å². The number of amides is 1. The Balaban J connectivity index is 1.53. The van der Waals surface area contributed by atoms with E-state index in [0.717, 1.165) is 59.1 Å². The van der Waals surface area contributed by atoms with Crippen LogP contribution in [0.4, 0.5) is 0 Å². The van der Waals surface area contributed by atoms with Crippen LogP contribution >= 0.6 is 11.3 Å². The van der Waals surface area contributed by atoms with Crippen molar-refractivity contribution in [3.8, 4) is 0 Å². The molecule has 4 rings (SSSR count). The molecule has 1 amide bonds. The Morgan fingerprint density at radius 1 is 1.06 bits per heavy atom. The first kappa shape index (κ1) is 21.2. The second kappa shape index (κ2) is 9.39. The standard InChI is InChI=1S/C24H24N2O4S/c1-15(27)25-13-16-11-12-22(31-16)21(28)14-30-24(29)23-17-7-3-2-4-9-19(17)26-20-10-6-5-8-18(20)23/h5-6,8,10-12H,2-4,7,9,13-14H2,1H3,(H,25,27). The monoisotopic (exact) mass is 436 g/mol. The maximum atomic E-state index is 13.1. The topological polar surface area (TPSA) is 85.4 Å². The number of carbonyl (C=O) groups is 3. The number of ketones is 1. The number of rotatable bonds is 6. The van der Waals surface area contributed by atoms with Gasteiger partial charge in [-0.05, 0) is 49.4 Å². The average Bonchev–Trinajstić information content (AvgIpc) is 3.12. The highest BCUT2D eigenvalue weighted by Gasteiger charge is 2.23. The van der Waals surface area contributed by atoms with Crippen LogP contribution in [0.2, 0.25) is 0 Å². The van der Waals surface area contributed by atoms with Gasteiger partial charge in [0.25, 0.3) is 0 Å². The molecule has 1 aliphatic carbocycles. The average molecular weight is 437 g/mol. The highest BCUT2D eigenvalue weighted by molar-refractivity contribution is 7.14. The summed E-state index contributed by atoms with van der Waals surface area (Å²) in [6, 6.07) is 11.1. The number of nitrogens with zero attached hydrogens (tertiary/aromatic N) is 1. The lowest BCUT2D eigenvalue weighted by Crippen LogP contribution is -2.18. The minimum Gasteiger partial charge on any atom is -0.454 e. The molecule has 6 nitrogen and oxygen atoms in total. The lowest BCUT2D eigenvalue weighted by atomic mass is 9.97. The molecule has 1 N–H and O–H groups in total. The number of aryl methyl sites for hydroxylation is 1. The first-order chi connectivity index (χ1) is 15.0. The van der Waals surface area contributed by atoms with Crippen LogP contribution in [0.1, 0.15) is 62.4 Å². The minimum atomic E-state index is -0.472. The predicted molar refractivity (Wildman–Crippen MR) is 119 cm³/mol. The molecule has 7 heteroatoms. The Morgan fingerprint density at radius 3 is 2.71 bits per heavy atom. The molecular weight excluding hydrogens is 412 g/mol. The van der Waals surface area contributed by atoms with Gasteiger partial charge < -0.3 is 10.1 Å². The van der Waals surface area contributed by atoms with Gasteiger partial charge in [0, 0.05) is 22.9 Å². The van der Waals surface area contributed by atoms with Crippen molar-refractivity contribution in [3.05, 3.63) is 63.0 Å². The van der Waals surface area contributed by atoms with Crippen molar-refractivity contribution in [2.45, 2.75) is 45.6 Å². The molecule has 0 unspecified atom stereocenters. The number of aromatic nitrogens is 1. The van der Waals surface area contributed by atoms with Crippen LogP contribution in [-0.2, 0) is 28.9 Å². The molecule has 0 saturated carbocycles. The number of fused-ring (bicyclic) bond motifs is 2. The second-order valence-corrected chi connectivity index (χ2v) is 8.83. The molecule has 0 aliphatic heterocycles. The van der Waals surface area contributed by atoms with Gasteiger partial charge in [0.15, 0.2) is 6.61 Å². The fraction of sp³-hybridized carbons (Fsp3) is 0.333. The number of esters is 1. The first-order valence-corrected chi connectivity index (χ1v) is 11.3. The van der Waals surface area contributed by atoms with Crippen LogP contribution in [-0.4, -0.2) is 29.3 Å². The SMILES string of the molecule is CC(=O)NCc1ccc(C(=O)COC(=O)c2c3c(nc4ccccc24)CCCCC3)s1. The molecule has 1 aliphatic rings. The van der Waals surface area contributed by atoms with E-state index < -0.39 is 5.97 Å². The Labute approximate surface area is 184 Å². The van der Waals surface area contributed by atoms with E-state index in [2.05, 4.69) is 5.32 Å². The lowest BCUT2D eigenvalue weighted by molar-refractivity contribution is -0.119. The zero-order chi connectivity index (χ0) is 21.8. The van der Waals surface area contributed by atoms with Gasteiger partial charge in [-0.25, -0.2) is 4.79 Å². The van der Waals surface area contributed by atoms with Crippen molar-refractivity contribution in [2.24, 2.45) is 0 Å². The van der Waals surface area contributed by atoms with Gasteiger partial charge in [0.05, 0.1) is 22.5 Å². The quantitative estimate of drug-likeness (QED) is 0.355. The molecule has 2 heterocycles. The smallest absolute Gasteiger partial charge is 0.339 e. The molecule has 0 radical (unpaired) electrons. The summed E-state index contributed by atoms with van der Waals surface area (Å²) in [7, 11) is 0. The third-order valence-electron chi connectivity index (χ3n) is 5.41. The van der Waals surface area contributed by atoms with Crippen LogP contribution in [0.3, 0.4) is 0 Å². The van der Waals surface area contributed by atoms with E-state index in [9.17, 15) is 14.4 Å². The summed E-state index contributed by atoms with van der Waals surface area (Å²) in [5.74, 6) is -0.851. The number of ether oxygens (including phenoxy) is 1. The lowest BCUT2D eigenvalue weighted by Gasteiger charge is -2.14. The van der Waals surface area contributed by atoms with Gasteiger partial charge in [-0.15, -0.1) is 11.3 Å². The highest BCUT2D eigenvalue weighted by atomic mass is 32.1. The summed E-state index contributed by atoms with van der Waals surface area (Å²) in [5, 5.41) is 3.48. The number of thiophene rings is 1. The van der Waals surface area contributed by atoms with Gasteiger partial charge in [0.1, 0.15) is 0 Å². The number of para-hydroxylation sites is 1. The zero-order valence-corrected chi connectivity index (χ0v) is 18.2. The van der Waals surface area contributed by atoms with Crippen molar-refractivity contribution in [2.75, 3.05) is 6.61 Å². The number of pyridine rings is 1. The summed E-state index contributed by atoms with van der Waals surface area (Å²) in [6.45, 7) is 1.51. The van der Waals surface area contributed by atoms with Crippen molar-refractivity contribution >= 4 is 39.9 Å². The highest BCUT2D eigenvalue weighted by Crippen LogP contribution is 2.29. The van der Waals surface area contributed by atoms with Crippen LogP contribution in [0.15, 0.2) is 36.4 Å². The van der Waals surface area contributed by atoms with E-state index >= 15 is 0 Å². The van der Waals surface area contributed by atoms with Crippen molar-refractivity contribution in [3.63, 3.8) is 0 Å². The molecule has 160 valence electrons. The second-order valence-electron chi connectivity index (χ2n) is 7.66. The molecule has 0 saturated heterocycles. The molecule has 2 aromatic heterocycles. The van der Waals surface area contributed by atoms with Gasteiger partial charge in [-0.3, -0.25) is 14.6 Å². The van der Waals surface area contributed by atoms with Crippen LogP contribution in [0, 0.1) is 0 Å².